The van der Waals surface area contributed by atoms with E-state index in [0.717, 1.165) is 18.9 Å². The van der Waals surface area contributed by atoms with E-state index in [0.29, 0.717) is 0 Å². The number of carboxylic acid groups (broad SMARTS) is 2. The van der Waals surface area contributed by atoms with Gasteiger partial charge >= 0.3 is 11.9 Å². The zero-order valence-corrected chi connectivity index (χ0v) is 13.9. The molecular formula is C18H16FNO6. The second kappa shape index (κ2) is 5.30. The van der Waals surface area contributed by atoms with E-state index in [1.165, 1.54) is 13.3 Å². The molecule has 8 heteroatoms. The summed E-state index contributed by atoms with van der Waals surface area (Å²) < 4.78 is 21.9. The van der Waals surface area contributed by atoms with Gasteiger partial charge in [0.25, 0.3) is 0 Å². The van der Waals surface area contributed by atoms with Gasteiger partial charge in [0.15, 0.2) is 5.75 Å². The Kier molecular flexibility index (Phi) is 3.37. The first kappa shape index (κ1) is 16.6. The van der Waals surface area contributed by atoms with Crippen LogP contribution in [0.25, 0.3) is 10.9 Å². The predicted octanol–water partition coefficient (Wildman–Crippen LogP) is 2.30. The molecule has 2 aliphatic carbocycles. The number of hydrogen-bond donors (Lipinski definition) is 2. The fraction of sp³-hybridized carbons (Fsp3) is 0.389. The van der Waals surface area contributed by atoms with Gasteiger partial charge in [0.2, 0.25) is 5.43 Å². The third-order valence-electron chi connectivity index (χ3n) is 5.24. The molecule has 0 saturated heterocycles. The van der Waals surface area contributed by atoms with Gasteiger partial charge in [-0.25, -0.2) is 9.18 Å². The van der Waals surface area contributed by atoms with Crippen molar-refractivity contribution in [1.29, 1.82) is 0 Å². The molecule has 2 N–H and O–H groups in total. The third-order valence-corrected chi connectivity index (χ3v) is 5.24. The van der Waals surface area contributed by atoms with Gasteiger partial charge in [0.05, 0.1) is 23.4 Å². The monoisotopic (exact) mass is 361 g/mol. The Hall–Kier alpha value is -2.90. The van der Waals surface area contributed by atoms with E-state index in [9.17, 15) is 29.0 Å². The number of carbonyl (C=O) groups is 2. The molecule has 2 saturated carbocycles. The number of aromatic nitrogens is 1. The average molecular weight is 361 g/mol. The van der Waals surface area contributed by atoms with Crippen molar-refractivity contribution < 1.29 is 28.9 Å². The van der Waals surface area contributed by atoms with E-state index in [2.05, 4.69) is 0 Å². The normalized spacial score (nSPS) is 17.9. The minimum absolute atomic E-state index is 0.000777. The number of aliphatic carboxylic acids is 1. The molecule has 1 heterocycles. The number of fused-ring (bicyclic) bond motifs is 1. The number of hydrogen-bond acceptors (Lipinski definition) is 4. The molecule has 0 amide bonds. The number of aromatic carboxylic acids is 1. The van der Waals surface area contributed by atoms with Crippen LogP contribution in [-0.4, -0.2) is 33.8 Å². The van der Waals surface area contributed by atoms with Crippen molar-refractivity contribution >= 4 is 22.8 Å². The van der Waals surface area contributed by atoms with Crippen molar-refractivity contribution in [2.45, 2.75) is 37.1 Å². The molecule has 2 aromatic rings. The highest BCUT2D eigenvalue weighted by Crippen LogP contribution is 2.54. The first-order chi connectivity index (χ1) is 12.3. The van der Waals surface area contributed by atoms with E-state index in [4.69, 9.17) is 4.74 Å². The maximum Gasteiger partial charge on any atom is 0.341 e. The highest BCUT2D eigenvalue weighted by atomic mass is 19.1. The predicted molar refractivity (Wildman–Crippen MR) is 88.5 cm³/mol. The molecule has 2 fully saturated rings. The average Bonchev–Trinajstić information content (AvgIpc) is 3.46. The zero-order chi connectivity index (χ0) is 18.8. The molecule has 0 spiro atoms. The van der Waals surface area contributed by atoms with Crippen LogP contribution in [0.1, 0.15) is 47.6 Å². The van der Waals surface area contributed by atoms with Gasteiger partial charge < -0.3 is 19.5 Å². The first-order valence-electron chi connectivity index (χ1n) is 8.24. The molecule has 2 aliphatic rings. The summed E-state index contributed by atoms with van der Waals surface area (Å²) in [5.74, 6) is -3.40. The molecule has 7 nitrogen and oxygen atoms in total. The largest absolute Gasteiger partial charge is 0.494 e. The van der Waals surface area contributed by atoms with Gasteiger partial charge in [-0.05, 0) is 31.7 Å². The number of rotatable bonds is 5. The number of carboxylic acids is 2. The summed E-state index contributed by atoms with van der Waals surface area (Å²) in [6.07, 6.45) is 3.38. The quantitative estimate of drug-likeness (QED) is 0.846. The fourth-order valence-corrected chi connectivity index (χ4v) is 3.59. The van der Waals surface area contributed by atoms with E-state index in [1.807, 2.05) is 0 Å². The Morgan fingerprint density at radius 2 is 1.96 bits per heavy atom. The van der Waals surface area contributed by atoms with E-state index in [1.54, 1.807) is 4.57 Å². The SMILES string of the molecule is COc1c(C2(C(=O)O)CC2)c(F)cc2c(=O)c(C(=O)O)cn(C3CC3)c12. The number of benzene rings is 1. The summed E-state index contributed by atoms with van der Waals surface area (Å²) in [7, 11) is 1.29. The lowest BCUT2D eigenvalue weighted by Crippen LogP contribution is -2.24. The molecule has 1 aromatic heterocycles. The van der Waals surface area contributed by atoms with Crippen LogP contribution in [0.15, 0.2) is 17.1 Å². The second-order valence-corrected chi connectivity index (χ2v) is 6.87. The Balaban J connectivity index is 2.15. The summed E-state index contributed by atoms with van der Waals surface area (Å²) in [4.78, 5) is 35.7. The molecular weight excluding hydrogens is 345 g/mol. The maximum atomic E-state index is 14.9. The molecule has 4 rings (SSSR count). The lowest BCUT2D eigenvalue weighted by molar-refractivity contribution is -0.140. The highest BCUT2D eigenvalue weighted by molar-refractivity contribution is 5.97. The van der Waals surface area contributed by atoms with Gasteiger partial charge in [0.1, 0.15) is 11.4 Å². The van der Waals surface area contributed by atoms with Crippen LogP contribution in [0.4, 0.5) is 4.39 Å². The van der Waals surface area contributed by atoms with Gasteiger partial charge in [-0.15, -0.1) is 0 Å². The summed E-state index contributed by atoms with van der Waals surface area (Å²) in [6.45, 7) is 0. The zero-order valence-electron chi connectivity index (χ0n) is 13.9. The maximum absolute atomic E-state index is 14.9. The summed E-state index contributed by atoms with van der Waals surface area (Å²) in [5, 5.41) is 18.8. The Morgan fingerprint density at radius 3 is 2.42 bits per heavy atom. The van der Waals surface area contributed by atoms with Crippen LogP contribution in [0.3, 0.4) is 0 Å². The summed E-state index contributed by atoms with van der Waals surface area (Å²) in [6, 6.07) is 0.924. The molecule has 0 radical (unpaired) electrons. The van der Waals surface area contributed by atoms with Crippen molar-refractivity contribution in [2.75, 3.05) is 7.11 Å². The van der Waals surface area contributed by atoms with Crippen LogP contribution in [0.2, 0.25) is 0 Å². The van der Waals surface area contributed by atoms with Crippen molar-refractivity contribution in [3.63, 3.8) is 0 Å². The van der Waals surface area contributed by atoms with Gasteiger partial charge in [-0.3, -0.25) is 9.59 Å². The number of halogens is 1. The number of methoxy groups -OCH3 is 1. The third kappa shape index (κ3) is 2.14. The van der Waals surface area contributed by atoms with E-state index < -0.39 is 34.2 Å². The number of nitrogens with zero attached hydrogens (tertiary/aromatic N) is 1. The second-order valence-electron chi connectivity index (χ2n) is 6.87. The minimum Gasteiger partial charge on any atom is -0.494 e. The Labute approximate surface area is 146 Å². The molecule has 0 atom stereocenters. The van der Waals surface area contributed by atoms with Crippen molar-refractivity contribution in [3.05, 3.63) is 39.4 Å². The van der Waals surface area contributed by atoms with Gasteiger partial charge in [-0.1, -0.05) is 0 Å². The number of pyridine rings is 1. The van der Waals surface area contributed by atoms with Crippen LogP contribution < -0.4 is 10.2 Å². The Bertz CT molecular complexity index is 1030. The lowest BCUT2D eigenvalue weighted by Gasteiger charge is -2.21. The van der Waals surface area contributed by atoms with Crippen molar-refractivity contribution in [1.82, 2.24) is 4.57 Å². The van der Waals surface area contributed by atoms with Crippen LogP contribution in [-0.2, 0) is 10.2 Å². The smallest absolute Gasteiger partial charge is 0.341 e. The molecule has 0 aliphatic heterocycles. The van der Waals surface area contributed by atoms with Crippen LogP contribution >= 0.6 is 0 Å². The van der Waals surface area contributed by atoms with Crippen molar-refractivity contribution in [2.24, 2.45) is 0 Å². The highest BCUT2D eigenvalue weighted by Gasteiger charge is 2.55. The van der Waals surface area contributed by atoms with E-state index >= 15 is 0 Å². The Morgan fingerprint density at radius 1 is 1.31 bits per heavy atom. The minimum atomic E-state index is -1.39. The van der Waals surface area contributed by atoms with Gasteiger partial charge in [0, 0.05) is 17.8 Å². The molecule has 136 valence electrons. The molecule has 1 aromatic carbocycles. The molecule has 0 bridgehead atoms. The molecule has 0 unspecified atom stereocenters. The molecule has 26 heavy (non-hydrogen) atoms. The van der Waals surface area contributed by atoms with Crippen molar-refractivity contribution in [3.8, 4) is 5.75 Å². The summed E-state index contributed by atoms with van der Waals surface area (Å²) >= 11 is 0. The fourth-order valence-electron chi connectivity index (χ4n) is 3.59. The summed E-state index contributed by atoms with van der Waals surface area (Å²) in [5.41, 5.74) is -2.43. The lowest BCUT2D eigenvalue weighted by atomic mass is 9.92. The standard InChI is InChI=1S/C18H16FNO6/c1-26-15-12(18(4-5-18)17(24)25)11(19)6-9-13(15)20(8-2-3-8)7-10(14(9)21)16(22)23/h6-8H,2-5H2,1H3,(H,22,23)(H,24,25). The van der Waals surface area contributed by atoms with E-state index in [-0.39, 0.29) is 41.1 Å². The first-order valence-corrected chi connectivity index (χ1v) is 8.24. The van der Waals surface area contributed by atoms with Crippen LogP contribution in [0.5, 0.6) is 5.75 Å². The number of ether oxygens (including phenoxy) is 1. The topological polar surface area (TPSA) is 106 Å². The van der Waals surface area contributed by atoms with Gasteiger partial charge in [-0.2, -0.15) is 0 Å². The van der Waals surface area contributed by atoms with Crippen LogP contribution in [0, 0.1) is 5.82 Å².